The van der Waals surface area contributed by atoms with Crippen LogP contribution in [0.2, 0.25) is 5.02 Å². The average molecular weight is 572 g/mol. The van der Waals surface area contributed by atoms with Gasteiger partial charge in [0, 0.05) is 30.2 Å². The molecule has 0 aliphatic carbocycles. The van der Waals surface area contributed by atoms with Crippen LogP contribution < -0.4 is 15.4 Å². The lowest BCUT2D eigenvalue weighted by Gasteiger charge is -2.34. The second-order valence-electron chi connectivity index (χ2n) is 10.1. The highest BCUT2D eigenvalue weighted by Crippen LogP contribution is 2.29. The summed E-state index contributed by atoms with van der Waals surface area (Å²) in [5.41, 5.74) is 0.271. The molecule has 214 valence electrons. The van der Waals surface area contributed by atoms with Crippen LogP contribution in [0.1, 0.15) is 35.9 Å². The van der Waals surface area contributed by atoms with E-state index in [2.05, 4.69) is 15.5 Å². The van der Waals surface area contributed by atoms with Crippen molar-refractivity contribution in [3.63, 3.8) is 0 Å². The molecule has 1 aliphatic rings. The van der Waals surface area contributed by atoms with Crippen LogP contribution in [0.3, 0.4) is 0 Å². The van der Waals surface area contributed by atoms with E-state index < -0.39 is 24.1 Å². The van der Waals surface area contributed by atoms with Crippen LogP contribution in [0.15, 0.2) is 65.3 Å². The summed E-state index contributed by atoms with van der Waals surface area (Å²) in [7, 11) is 0. The van der Waals surface area contributed by atoms with E-state index in [0.717, 1.165) is 37.5 Å². The number of phenolic OH excluding ortho intramolecular Hbond substituents is 1. The van der Waals surface area contributed by atoms with Crippen molar-refractivity contribution < 1.29 is 33.7 Å². The van der Waals surface area contributed by atoms with Crippen LogP contribution in [0.5, 0.6) is 11.5 Å². The second-order valence-corrected chi connectivity index (χ2v) is 10.6. The Hall–Kier alpha value is -3.57. The Bertz CT molecular complexity index is 1260. The molecule has 1 saturated heterocycles. The number of halogens is 1. The third kappa shape index (κ3) is 8.99. The minimum Gasteiger partial charge on any atom is -0.508 e. The van der Waals surface area contributed by atoms with Crippen molar-refractivity contribution in [1.82, 2.24) is 10.2 Å². The summed E-state index contributed by atoms with van der Waals surface area (Å²) in [5, 5.41) is 27.6. The number of nitrogens with zero attached hydrogens (tertiary/aromatic N) is 1. The lowest BCUT2D eigenvalue weighted by Crippen LogP contribution is -2.49. The molecule has 0 radical (unpaired) electrons. The van der Waals surface area contributed by atoms with Gasteiger partial charge in [0.15, 0.2) is 6.61 Å². The first-order valence-corrected chi connectivity index (χ1v) is 13.4. The minimum absolute atomic E-state index is 0.0132. The number of aromatic hydroxyl groups is 1. The lowest BCUT2D eigenvalue weighted by atomic mass is 10.0. The first-order chi connectivity index (χ1) is 19.2. The molecule has 40 heavy (non-hydrogen) atoms. The van der Waals surface area contributed by atoms with Crippen LogP contribution in [-0.4, -0.2) is 71.5 Å². The molecular weight excluding hydrogens is 538 g/mol. The molecule has 2 aromatic carbocycles. The first-order valence-electron chi connectivity index (χ1n) is 13.1. The van der Waals surface area contributed by atoms with Crippen molar-refractivity contribution >= 4 is 29.2 Å². The standard InChI is InChI=1S/C29H34ClN3O7/c1-29(37,18-31-22-10-12-33(13-11-22)16-20-4-6-21(30)7-5-20)19-40-26-15-23(34)8-9-24(26)32-27(35)17-39-28(36)25-3-2-14-38-25/h2-9,14-15,22,31,34,37H,10-13,16-19H2,1H3,(H,32,35). The van der Waals surface area contributed by atoms with E-state index in [0.29, 0.717) is 6.54 Å². The van der Waals surface area contributed by atoms with Crippen LogP contribution >= 0.6 is 11.6 Å². The average Bonchev–Trinajstić information content (AvgIpc) is 3.48. The number of hydrogen-bond acceptors (Lipinski definition) is 9. The maximum Gasteiger partial charge on any atom is 0.374 e. The molecule has 11 heteroatoms. The maximum absolute atomic E-state index is 12.3. The maximum atomic E-state index is 12.3. The fourth-order valence-electron chi connectivity index (χ4n) is 4.31. The van der Waals surface area contributed by atoms with Crippen molar-refractivity contribution in [2.45, 2.75) is 38.0 Å². The summed E-state index contributed by atoms with van der Waals surface area (Å²) < 4.78 is 15.7. The highest BCUT2D eigenvalue weighted by Gasteiger charge is 2.26. The van der Waals surface area contributed by atoms with Gasteiger partial charge < -0.3 is 34.7 Å². The molecule has 0 saturated carbocycles. The number of phenols is 1. The van der Waals surface area contributed by atoms with Crippen LogP contribution in [0.25, 0.3) is 0 Å². The summed E-state index contributed by atoms with van der Waals surface area (Å²) in [5.74, 6) is -1.29. The van der Waals surface area contributed by atoms with Gasteiger partial charge in [0.2, 0.25) is 5.76 Å². The van der Waals surface area contributed by atoms with E-state index in [1.54, 1.807) is 6.92 Å². The van der Waals surface area contributed by atoms with Gasteiger partial charge >= 0.3 is 5.97 Å². The summed E-state index contributed by atoms with van der Waals surface area (Å²) in [6.45, 7) is 4.10. The topological polar surface area (TPSA) is 134 Å². The van der Waals surface area contributed by atoms with Crippen molar-refractivity contribution in [1.29, 1.82) is 0 Å². The fraction of sp³-hybridized carbons (Fsp3) is 0.379. The number of anilines is 1. The zero-order valence-corrected chi connectivity index (χ0v) is 23.0. The number of amides is 1. The van der Waals surface area contributed by atoms with Gasteiger partial charge in [-0.05, 0) is 74.8 Å². The fourth-order valence-corrected chi connectivity index (χ4v) is 4.43. The van der Waals surface area contributed by atoms with Gasteiger partial charge in [-0.3, -0.25) is 9.69 Å². The van der Waals surface area contributed by atoms with Crippen LogP contribution in [-0.2, 0) is 16.1 Å². The minimum atomic E-state index is -1.22. The Balaban J connectivity index is 1.21. The number of rotatable bonds is 12. The molecular formula is C29H34ClN3O7. The third-order valence-corrected chi connectivity index (χ3v) is 6.77. The van der Waals surface area contributed by atoms with Crippen molar-refractivity contribution in [3.8, 4) is 11.5 Å². The molecule has 1 atom stereocenters. The van der Waals surface area contributed by atoms with Crippen LogP contribution in [0, 0.1) is 0 Å². The van der Waals surface area contributed by atoms with Gasteiger partial charge in [-0.2, -0.15) is 0 Å². The van der Waals surface area contributed by atoms with Gasteiger partial charge in [-0.1, -0.05) is 23.7 Å². The highest BCUT2D eigenvalue weighted by molar-refractivity contribution is 6.30. The van der Waals surface area contributed by atoms with Gasteiger partial charge in [0.1, 0.15) is 23.7 Å². The zero-order chi connectivity index (χ0) is 28.5. The normalized spacial score (nSPS) is 15.8. The molecule has 0 bridgehead atoms. The largest absolute Gasteiger partial charge is 0.508 e. The SMILES string of the molecule is CC(O)(CNC1CCN(Cc2ccc(Cl)cc2)CC1)COc1cc(O)ccc1NC(=O)COC(=O)c1ccco1. The molecule has 4 N–H and O–H groups in total. The Kier molecular flexibility index (Phi) is 10.1. The molecule has 0 spiro atoms. The molecule has 4 rings (SSSR count). The highest BCUT2D eigenvalue weighted by atomic mass is 35.5. The third-order valence-electron chi connectivity index (χ3n) is 6.51. The molecule has 3 aromatic rings. The van der Waals surface area contributed by atoms with Crippen LogP contribution in [0.4, 0.5) is 5.69 Å². The van der Waals surface area contributed by atoms with E-state index in [1.807, 2.05) is 24.3 Å². The number of carbonyl (C=O) groups is 2. The molecule has 1 aliphatic heterocycles. The Morgan fingerprint density at radius 3 is 2.60 bits per heavy atom. The van der Waals surface area contributed by atoms with Crippen molar-refractivity contribution in [2.24, 2.45) is 0 Å². The second kappa shape index (κ2) is 13.7. The molecule has 1 aromatic heterocycles. The number of likely N-dealkylation sites (tertiary alicyclic amines) is 1. The summed E-state index contributed by atoms with van der Waals surface area (Å²) in [4.78, 5) is 26.6. The molecule has 2 heterocycles. The predicted octanol–water partition coefficient (Wildman–Crippen LogP) is 3.82. The summed E-state index contributed by atoms with van der Waals surface area (Å²) in [6, 6.07) is 15.3. The lowest BCUT2D eigenvalue weighted by molar-refractivity contribution is -0.119. The van der Waals surface area contributed by atoms with E-state index >= 15 is 0 Å². The predicted molar refractivity (Wildman–Crippen MR) is 150 cm³/mol. The summed E-state index contributed by atoms with van der Waals surface area (Å²) >= 11 is 5.98. The number of benzene rings is 2. The Morgan fingerprint density at radius 2 is 1.90 bits per heavy atom. The number of hydrogen-bond donors (Lipinski definition) is 4. The number of piperidine rings is 1. The number of aliphatic hydroxyl groups is 1. The number of nitrogens with one attached hydrogen (secondary N) is 2. The van der Waals surface area contributed by atoms with Gasteiger partial charge in [-0.15, -0.1) is 0 Å². The van der Waals surface area contributed by atoms with E-state index in [4.69, 9.17) is 25.5 Å². The number of esters is 1. The van der Waals surface area contributed by atoms with Gasteiger partial charge in [0.25, 0.3) is 5.91 Å². The van der Waals surface area contributed by atoms with Gasteiger partial charge in [0.05, 0.1) is 12.0 Å². The molecule has 1 amide bonds. The summed E-state index contributed by atoms with van der Waals surface area (Å²) in [6.07, 6.45) is 3.24. The van der Waals surface area contributed by atoms with Crippen molar-refractivity contribution in [3.05, 3.63) is 77.2 Å². The molecule has 1 unspecified atom stereocenters. The number of furan rings is 1. The number of ether oxygens (including phenoxy) is 2. The Morgan fingerprint density at radius 1 is 1.15 bits per heavy atom. The number of carbonyl (C=O) groups excluding carboxylic acids is 2. The quantitative estimate of drug-likeness (QED) is 0.189. The first kappa shape index (κ1) is 29.4. The monoisotopic (exact) mass is 571 g/mol. The Labute approximate surface area is 237 Å². The van der Waals surface area contributed by atoms with E-state index in [9.17, 15) is 19.8 Å². The van der Waals surface area contributed by atoms with Crippen molar-refractivity contribution in [2.75, 3.05) is 38.2 Å². The zero-order valence-electron chi connectivity index (χ0n) is 22.3. The molecule has 1 fully saturated rings. The molecule has 10 nitrogen and oxygen atoms in total. The van der Waals surface area contributed by atoms with Gasteiger partial charge in [-0.25, -0.2) is 4.79 Å². The smallest absolute Gasteiger partial charge is 0.374 e. The van der Waals surface area contributed by atoms with E-state index in [-0.39, 0.29) is 35.6 Å². The van der Waals surface area contributed by atoms with E-state index in [1.165, 1.54) is 42.2 Å².